The van der Waals surface area contributed by atoms with Crippen molar-refractivity contribution in [3.05, 3.63) is 23.9 Å². The number of hydrogen-bond acceptors (Lipinski definition) is 6. The first-order chi connectivity index (χ1) is 8.19. The maximum atomic E-state index is 4.29. The molecule has 2 aromatic rings. The van der Waals surface area contributed by atoms with Crippen molar-refractivity contribution in [3.63, 3.8) is 0 Å². The average molecular weight is 233 g/mol. The molecule has 2 N–H and O–H groups in total. The van der Waals surface area contributed by atoms with Gasteiger partial charge in [0.05, 0.1) is 6.54 Å². The van der Waals surface area contributed by atoms with Crippen molar-refractivity contribution in [1.29, 1.82) is 0 Å². The largest absolute Gasteiger partial charge is 0.363 e. The predicted octanol–water partition coefficient (Wildman–Crippen LogP) is 0.567. The summed E-state index contributed by atoms with van der Waals surface area (Å²) in [5.74, 6) is 2.22. The Bertz CT molecular complexity index is 505. The monoisotopic (exact) mass is 233 g/mol. The summed E-state index contributed by atoms with van der Waals surface area (Å²) in [6, 6.07) is 1.89. The van der Waals surface area contributed by atoms with E-state index in [1.165, 1.54) is 0 Å². The minimum absolute atomic E-state index is 0.579. The quantitative estimate of drug-likeness (QED) is 0.803. The lowest BCUT2D eigenvalue weighted by molar-refractivity contribution is 0.809. The van der Waals surface area contributed by atoms with Gasteiger partial charge in [0.25, 0.3) is 0 Å². The molecular formula is C10H15N7. The van der Waals surface area contributed by atoms with Crippen molar-refractivity contribution in [1.82, 2.24) is 24.7 Å². The fourth-order valence-electron chi connectivity index (χ4n) is 1.41. The van der Waals surface area contributed by atoms with Gasteiger partial charge in [-0.3, -0.25) is 0 Å². The fourth-order valence-corrected chi connectivity index (χ4v) is 1.41. The van der Waals surface area contributed by atoms with E-state index < -0.39 is 0 Å². The summed E-state index contributed by atoms with van der Waals surface area (Å²) in [5.41, 5.74) is 0.907. The summed E-state index contributed by atoms with van der Waals surface area (Å²) >= 11 is 0. The van der Waals surface area contributed by atoms with Crippen molar-refractivity contribution in [2.24, 2.45) is 7.05 Å². The number of hydrogen-bond donors (Lipinski definition) is 2. The number of nitrogens with zero attached hydrogens (tertiary/aromatic N) is 5. The molecule has 0 fully saturated rings. The second-order valence-electron chi connectivity index (χ2n) is 3.68. The molecule has 2 heterocycles. The standard InChI is InChI=1S/C10H15N7/c1-7-4-8(15-10(11-2)14-7)12-5-9-16-13-6-17(9)3/h4,6H,5H2,1-3H3,(H2,11,12,14,15). The number of rotatable bonds is 4. The first kappa shape index (κ1) is 11.3. The van der Waals surface area contributed by atoms with Crippen LogP contribution in [-0.4, -0.2) is 31.8 Å². The van der Waals surface area contributed by atoms with Gasteiger partial charge in [0.2, 0.25) is 5.95 Å². The minimum atomic E-state index is 0.579. The lowest BCUT2D eigenvalue weighted by Crippen LogP contribution is -2.08. The smallest absolute Gasteiger partial charge is 0.224 e. The summed E-state index contributed by atoms with van der Waals surface area (Å²) in [6.45, 7) is 2.51. The molecule has 0 unspecified atom stereocenters. The molecule has 0 aromatic carbocycles. The highest BCUT2D eigenvalue weighted by Crippen LogP contribution is 2.09. The molecule has 0 atom stereocenters. The first-order valence-electron chi connectivity index (χ1n) is 5.29. The summed E-state index contributed by atoms with van der Waals surface area (Å²) in [6.07, 6.45) is 1.67. The van der Waals surface area contributed by atoms with E-state index in [0.29, 0.717) is 12.5 Å². The van der Waals surface area contributed by atoms with E-state index in [1.807, 2.05) is 24.6 Å². The highest BCUT2D eigenvalue weighted by molar-refractivity contribution is 5.41. The Balaban J connectivity index is 2.09. The molecule has 0 aliphatic carbocycles. The van der Waals surface area contributed by atoms with Gasteiger partial charge in [-0.05, 0) is 6.92 Å². The third-order valence-electron chi connectivity index (χ3n) is 2.31. The Morgan fingerprint density at radius 2 is 2.18 bits per heavy atom. The molecule has 90 valence electrons. The van der Waals surface area contributed by atoms with E-state index in [4.69, 9.17) is 0 Å². The Morgan fingerprint density at radius 1 is 1.35 bits per heavy atom. The molecule has 0 aliphatic heterocycles. The predicted molar refractivity (Wildman–Crippen MR) is 64.6 cm³/mol. The lowest BCUT2D eigenvalue weighted by Gasteiger charge is -2.07. The number of aromatic nitrogens is 5. The molecule has 0 saturated carbocycles. The summed E-state index contributed by atoms with van der Waals surface area (Å²) < 4.78 is 1.86. The Labute approximate surface area is 99.3 Å². The van der Waals surface area contributed by atoms with Crippen LogP contribution in [0.4, 0.5) is 11.8 Å². The van der Waals surface area contributed by atoms with Crippen molar-refractivity contribution in [3.8, 4) is 0 Å². The fraction of sp³-hybridized carbons (Fsp3) is 0.400. The maximum Gasteiger partial charge on any atom is 0.224 e. The molecule has 0 amide bonds. The van der Waals surface area contributed by atoms with Gasteiger partial charge in [-0.1, -0.05) is 0 Å². The Morgan fingerprint density at radius 3 is 2.82 bits per heavy atom. The van der Waals surface area contributed by atoms with E-state index >= 15 is 0 Å². The van der Waals surface area contributed by atoms with Crippen LogP contribution in [0.25, 0.3) is 0 Å². The Kier molecular flexibility index (Phi) is 3.17. The molecule has 0 bridgehead atoms. The van der Waals surface area contributed by atoms with E-state index in [9.17, 15) is 0 Å². The van der Waals surface area contributed by atoms with Gasteiger partial charge < -0.3 is 15.2 Å². The van der Waals surface area contributed by atoms with Crippen LogP contribution in [0, 0.1) is 6.92 Å². The zero-order chi connectivity index (χ0) is 12.3. The van der Waals surface area contributed by atoms with E-state index in [2.05, 4.69) is 30.8 Å². The second-order valence-corrected chi connectivity index (χ2v) is 3.68. The molecule has 0 spiro atoms. The van der Waals surface area contributed by atoms with Crippen LogP contribution in [-0.2, 0) is 13.6 Å². The Hall–Kier alpha value is -2.18. The molecule has 17 heavy (non-hydrogen) atoms. The van der Waals surface area contributed by atoms with Crippen LogP contribution >= 0.6 is 0 Å². The second kappa shape index (κ2) is 4.77. The summed E-state index contributed by atoms with van der Waals surface area (Å²) in [5, 5.41) is 13.9. The normalized spacial score (nSPS) is 10.3. The number of anilines is 2. The zero-order valence-corrected chi connectivity index (χ0v) is 10.1. The average Bonchev–Trinajstić information content (AvgIpc) is 2.71. The van der Waals surface area contributed by atoms with Crippen molar-refractivity contribution < 1.29 is 0 Å². The number of nitrogens with one attached hydrogen (secondary N) is 2. The topological polar surface area (TPSA) is 80.5 Å². The molecule has 7 heteroatoms. The van der Waals surface area contributed by atoms with Gasteiger partial charge in [-0.25, -0.2) is 4.98 Å². The van der Waals surface area contributed by atoms with Crippen LogP contribution in [0.1, 0.15) is 11.5 Å². The minimum Gasteiger partial charge on any atom is -0.363 e. The first-order valence-corrected chi connectivity index (χ1v) is 5.29. The van der Waals surface area contributed by atoms with Gasteiger partial charge in [0.1, 0.15) is 12.1 Å². The molecule has 0 aliphatic rings. The van der Waals surface area contributed by atoms with Crippen LogP contribution in [0.5, 0.6) is 0 Å². The van der Waals surface area contributed by atoms with Crippen LogP contribution in [0.2, 0.25) is 0 Å². The van der Waals surface area contributed by atoms with Crippen LogP contribution in [0.3, 0.4) is 0 Å². The molecular weight excluding hydrogens is 218 g/mol. The summed E-state index contributed by atoms with van der Waals surface area (Å²) in [7, 11) is 3.70. The van der Waals surface area contributed by atoms with Gasteiger partial charge >= 0.3 is 0 Å². The van der Waals surface area contributed by atoms with Gasteiger partial charge in [-0.2, -0.15) is 4.98 Å². The third kappa shape index (κ3) is 2.68. The van der Waals surface area contributed by atoms with Crippen molar-refractivity contribution in [2.75, 3.05) is 17.7 Å². The molecule has 0 saturated heterocycles. The van der Waals surface area contributed by atoms with E-state index in [-0.39, 0.29) is 0 Å². The molecule has 0 radical (unpaired) electrons. The third-order valence-corrected chi connectivity index (χ3v) is 2.31. The number of aryl methyl sites for hydroxylation is 2. The van der Waals surface area contributed by atoms with Crippen LogP contribution < -0.4 is 10.6 Å². The van der Waals surface area contributed by atoms with Gasteiger partial charge in [-0.15, -0.1) is 10.2 Å². The molecule has 2 rings (SSSR count). The highest BCUT2D eigenvalue weighted by Gasteiger charge is 2.03. The summed E-state index contributed by atoms with van der Waals surface area (Å²) in [4.78, 5) is 8.51. The lowest BCUT2D eigenvalue weighted by atomic mass is 10.4. The highest BCUT2D eigenvalue weighted by atomic mass is 15.3. The van der Waals surface area contributed by atoms with Crippen molar-refractivity contribution in [2.45, 2.75) is 13.5 Å². The van der Waals surface area contributed by atoms with Crippen molar-refractivity contribution >= 4 is 11.8 Å². The SMILES string of the molecule is CNc1nc(C)cc(NCc2nncn2C)n1. The van der Waals surface area contributed by atoms with Crippen LogP contribution in [0.15, 0.2) is 12.4 Å². The molecule has 2 aromatic heterocycles. The van der Waals surface area contributed by atoms with Gasteiger partial charge in [0, 0.05) is 25.9 Å². The van der Waals surface area contributed by atoms with E-state index in [1.54, 1.807) is 13.4 Å². The molecule has 7 nitrogen and oxygen atoms in total. The van der Waals surface area contributed by atoms with E-state index in [0.717, 1.165) is 17.3 Å². The zero-order valence-electron chi connectivity index (χ0n) is 10.1. The maximum absolute atomic E-state index is 4.29. The van der Waals surface area contributed by atoms with Gasteiger partial charge in [0.15, 0.2) is 5.82 Å².